The fourth-order valence-electron chi connectivity index (χ4n) is 6.16. The lowest BCUT2D eigenvalue weighted by molar-refractivity contribution is -0.141. The van der Waals surface area contributed by atoms with E-state index in [2.05, 4.69) is 0 Å². The minimum absolute atomic E-state index is 0.0622. The number of nitrogens with zero attached hydrogens (tertiary/aromatic N) is 1. The smallest absolute Gasteiger partial charge is 0.303 e. The average molecular weight is 542 g/mol. The summed E-state index contributed by atoms with van der Waals surface area (Å²) in [5.41, 5.74) is 3.48. The van der Waals surface area contributed by atoms with E-state index in [1.165, 1.54) is 4.90 Å². The van der Waals surface area contributed by atoms with E-state index in [4.69, 9.17) is 5.11 Å². The lowest BCUT2D eigenvalue weighted by atomic mass is 9.67. The van der Waals surface area contributed by atoms with E-state index in [1.54, 1.807) is 12.1 Å². The predicted molar refractivity (Wildman–Crippen MR) is 149 cm³/mol. The zero-order valence-corrected chi connectivity index (χ0v) is 23.1. The van der Waals surface area contributed by atoms with E-state index >= 15 is 0 Å². The Kier molecular flexibility index (Phi) is 11.3. The molecule has 0 radical (unpaired) electrons. The molecule has 3 rings (SSSR count). The number of imide groups is 1. The molecule has 1 saturated heterocycles. The van der Waals surface area contributed by atoms with Crippen LogP contribution in [0.4, 0.5) is 0 Å². The standard InChI is InChI=1S/C31H43NO7/c1-3-10-22-18-23-29(31(39)32(30(23)38)16-9-5-6-13-27(36)37)24(19-33)28(22)26(35)15-14-20(4-2)17-21-11-7-8-12-25(21)34/h7-8,11-12,17,23-24,26,29,33-35H,3-6,9-10,13-16,18-19H2,1-2H3,(H,36,37)/b20-17+/t23-,24+,26-,29-/m1/s1. The molecule has 1 aliphatic carbocycles. The van der Waals surface area contributed by atoms with E-state index in [1.807, 2.05) is 32.1 Å². The number of carbonyl (C=O) groups excluding carboxylic acids is 2. The number of hydrogen-bond acceptors (Lipinski definition) is 6. The van der Waals surface area contributed by atoms with Gasteiger partial charge in [0, 0.05) is 24.4 Å². The van der Waals surface area contributed by atoms with E-state index in [0.717, 1.165) is 29.6 Å². The number of aromatic hydroxyl groups is 1. The van der Waals surface area contributed by atoms with E-state index in [9.17, 15) is 29.7 Å². The highest BCUT2D eigenvalue weighted by Crippen LogP contribution is 2.47. The fraction of sp³-hybridized carbons (Fsp3) is 0.581. The van der Waals surface area contributed by atoms with Gasteiger partial charge in [0.25, 0.3) is 0 Å². The zero-order chi connectivity index (χ0) is 28.5. The number of para-hydroxylation sites is 1. The molecule has 0 bridgehead atoms. The van der Waals surface area contributed by atoms with Crippen molar-refractivity contribution in [3.8, 4) is 5.75 Å². The fourth-order valence-corrected chi connectivity index (χ4v) is 6.16. The molecule has 4 atom stereocenters. The number of likely N-dealkylation sites (tertiary alicyclic amines) is 1. The van der Waals surface area contributed by atoms with Crippen LogP contribution in [0.3, 0.4) is 0 Å². The Labute approximate surface area is 231 Å². The summed E-state index contributed by atoms with van der Waals surface area (Å²) >= 11 is 0. The van der Waals surface area contributed by atoms with Gasteiger partial charge in [-0.3, -0.25) is 19.3 Å². The normalized spacial score (nSPS) is 22.4. The van der Waals surface area contributed by atoms with Crippen molar-refractivity contribution in [2.24, 2.45) is 17.8 Å². The van der Waals surface area contributed by atoms with Gasteiger partial charge in [-0.05, 0) is 56.6 Å². The number of hydrogen-bond donors (Lipinski definition) is 4. The van der Waals surface area contributed by atoms with Gasteiger partial charge in [0.2, 0.25) is 11.8 Å². The lowest BCUT2D eigenvalue weighted by Gasteiger charge is -2.36. The van der Waals surface area contributed by atoms with Crippen molar-refractivity contribution < 1.29 is 34.8 Å². The van der Waals surface area contributed by atoms with Crippen LogP contribution in [0.25, 0.3) is 6.08 Å². The third kappa shape index (κ3) is 7.37. The second-order valence-corrected chi connectivity index (χ2v) is 10.7. The molecule has 0 aromatic heterocycles. The van der Waals surface area contributed by atoms with Gasteiger partial charge in [-0.25, -0.2) is 0 Å². The number of phenolic OH excluding ortho intramolecular Hbond substituents is 1. The molecule has 8 heteroatoms. The summed E-state index contributed by atoms with van der Waals surface area (Å²) in [6.45, 7) is 3.99. The Morgan fingerprint density at radius 1 is 1.10 bits per heavy atom. The predicted octanol–water partition coefficient (Wildman–Crippen LogP) is 4.68. The molecular weight excluding hydrogens is 498 g/mol. The molecule has 2 aliphatic rings. The largest absolute Gasteiger partial charge is 0.507 e. The van der Waals surface area contributed by atoms with Crippen LogP contribution in [0.5, 0.6) is 5.75 Å². The summed E-state index contributed by atoms with van der Waals surface area (Å²) in [5.74, 6) is -3.00. The van der Waals surface area contributed by atoms with Gasteiger partial charge in [-0.15, -0.1) is 0 Å². The van der Waals surface area contributed by atoms with Gasteiger partial charge in [-0.2, -0.15) is 0 Å². The summed E-state index contributed by atoms with van der Waals surface area (Å²) in [5, 5.41) is 40.8. The van der Waals surface area contributed by atoms with Crippen molar-refractivity contribution in [1.82, 2.24) is 4.90 Å². The summed E-state index contributed by atoms with van der Waals surface area (Å²) < 4.78 is 0. The van der Waals surface area contributed by atoms with Gasteiger partial charge in [0.05, 0.1) is 24.5 Å². The summed E-state index contributed by atoms with van der Waals surface area (Å²) in [4.78, 5) is 38.8. The first-order valence-electron chi connectivity index (χ1n) is 14.3. The number of benzene rings is 1. The molecule has 1 fully saturated rings. The molecule has 0 unspecified atom stereocenters. The number of carboxylic acids is 1. The van der Waals surface area contributed by atoms with Gasteiger partial charge in [-0.1, -0.05) is 62.1 Å². The molecule has 1 aromatic carbocycles. The van der Waals surface area contributed by atoms with Crippen LogP contribution in [-0.4, -0.2) is 62.4 Å². The molecule has 1 heterocycles. The number of aliphatic hydroxyl groups excluding tert-OH is 2. The number of rotatable bonds is 15. The molecule has 39 heavy (non-hydrogen) atoms. The third-order valence-corrected chi connectivity index (χ3v) is 8.14. The van der Waals surface area contributed by atoms with Crippen molar-refractivity contribution in [2.75, 3.05) is 13.2 Å². The summed E-state index contributed by atoms with van der Waals surface area (Å²) in [6.07, 6.45) is 6.49. The molecular formula is C31H43NO7. The Morgan fingerprint density at radius 3 is 2.49 bits per heavy atom. The Morgan fingerprint density at radius 2 is 1.85 bits per heavy atom. The highest BCUT2D eigenvalue weighted by atomic mass is 16.4. The van der Waals surface area contributed by atoms with Crippen molar-refractivity contribution in [3.05, 3.63) is 46.5 Å². The van der Waals surface area contributed by atoms with E-state index < -0.39 is 29.8 Å². The SMILES string of the molecule is CCCC1=C([C@H](O)CC/C(=C/c2ccccc2O)CC)[C@H](CO)[C@@H]2C(=O)N(CCCCCC(=O)O)C(=O)[C@@H]2C1. The molecule has 8 nitrogen and oxygen atoms in total. The Hall–Kier alpha value is -2.97. The lowest BCUT2D eigenvalue weighted by Crippen LogP contribution is -2.39. The van der Waals surface area contributed by atoms with Crippen molar-refractivity contribution in [1.29, 1.82) is 0 Å². The number of unbranched alkanes of at least 4 members (excludes halogenated alkanes) is 2. The second kappa shape index (κ2) is 14.4. The Bertz CT molecular complexity index is 1090. The van der Waals surface area contributed by atoms with Crippen LogP contribution in [0.15, 0.2) is 41.0 Å². The van der Waals surface area contributed by atoms with Gasteiger partial charge in [0.15, 0.2) is 0 Å². The number of carboxylic acid groups (broad SMARTS) is 1. The number of fused-ring (bicyclic) bond motifs is 1. The van der Waals surface area contributed by atoms with Crippen LogP contribution in [0.2, 0.25) is 0 Å². The minimum atomic E-state index is -0.861. The van der Waals surface area contributed by atoms with Crippen molar-refractivity contribution in [2.45, 2.75) is 84.2 Å². The molecule has 0 saturated carbocycles. The zero-order valence-electron chi connectivity index (χ0n) is 23.1. The number of amides is 2. The highest BCUT2D eigenvalue weighted by Gasteiger charge is 2.54. The first-order valence-corrected chi connectivity index (χ1v) is 14.3. The number of phenols is 1. The van der Waals surface area contributed by atoms with Crippen molar-refractivity contribution in [3.63, 3.8) is 0 Å². The van der Waals surface area contributed by atoms with Gasteiger partial charge < -0.3 is 20.4 Å². The number of aliphatic hydroxyl groups is 2. The van der Waals surface area contributed by atoms with Crippen molar-refractivity contribution >= 4 is 23.9 Å². The van der Waals surface area contributed by atoms with Crippen LogP contribution < -0.4 is 0 Å². The molecule has 214 valence electrons. The molecule has 1 aromatic rings. The van der Waals surface area contributed by atoms with E-state index in [0.29, 0.717) is 50.5 Å². The molecule has 1 aliphatic heterocycles. The van der Waals surface area contributed by atoms with Gasteiger partial charge in [0.1, 0.15) is 5.75 Å². The maximum Gasteiger partial charge on any atom is 0.303 e. The monoisotopic (exact) mass is 541 g/mol. The first kappa shape index (κ1) is 30.6. The summed E-state index contributed by atoms with van der Waals surface area (Å²) in [7, 11) is 0. The maximum atomic E-state index is 13.4. The third-order valence-electron chi connectivity index (χ3n) is 8.14. The summed E-state index contributed by atoms with van der Waals surface area (Å²) in [6, 6.07) is 7.11. The molecule has 4 N–H and O–H groups in total. The number of carbonyl (C=O) groups is 3. The highest BCUT2D eigenvalue weighted by molar-refractivity contribution is 6.05. The maximum absolute atomic E-state index is 13.4. The number of allylic oxidation sites excluding steroid dienone is 2. The first-order chi connectivity index (χ1) is 18.7. The molecule has 2 amide bonds. The molecule has 0 spiro atoms. The van der Waals surface area contributed by atoms with Crippen LogP contribution in [-0.2, 0) is 14.4 Å². The number of aliphatic carboxylic acids is 1. The van der Waals surface area contributed by atoms with Gasteiger partial charge >= 0.3 is 5.97 Å². The van der Waals surface area contributed by atoms with Crippen LogP contribution in [0.1, 0.15) is 83.6 Å². The Balaban J connectivity index is 1.76. The van der Waals surface area contributed by atoms with Crippen LogP contribution in [0, 0.1) is 17.8 Å². The minimum Gasteiger partial charge on any atom is -0.507 e. The van der Waals surface area contributed by atoms with E-state index in [-0.39, 0.29) is 37.1 Å². The quantitative estimate of drug-likeness (QED) is 0.144. The topological polar surface area (TPSA) is 135 Å². The second-order valence-electron chi connectivity index (χ2n) is 10.7. The average Bonchev–Trinajstić information content (AvgIpc) is 3.15. The van der Waals surface area contributed by atoms with Crippen LogP contribution >= 0.6 is 0 Å².